The Morgan fingerprint density at radius 1 is 1.19 bits per heavy atom. The normalized spacial score (nSPS) is 14.6. The van der Waals surface area contributed by atoms with Crippen molar-refractivity contribution in [3.8, 4) is 10.8 Å². The molecule has 0 N–H and O–H groups in total. The van der Waals surface area contributed by atoms with Crippen molar-refractivity contribution in [1.82, 2.24) is 35.0 Å². The van der Waals surface area contributed by atoms with E-state index in [9.17, 15) is 9.59 Å². The Morgan fingerprint density at radius 2 is 1.96 bits per heavy atom. The predicted octanol–water partition coefficient (Wildman–Crippen LogP) is 0.683. The van der Waals surface area contributed by atoms with Crippen molar-refractivity contribution in [3.63, 3.8) is 0 Å². The van der Waals surface area contributed by atoms with Crippen LogP contribution >= 0.6 is 11.3 Å². The largest absolute Gasteiger partial charge is 0.459 e. The fourth-order valence-electron chi connectivity index (χ4n) is 2.85. The molecule has 0 spiro atoms. The third-order valence-corrected chi connectivity index (χ3v) is 5.14. The van der Waals surface area contributed by atoms with Crippen molar-refractivity contribution in [2.75, 3.05) is 26.2 Å². The second-order valence-electron chi connectivity index (χ2n) is 6.13. The zero-order valence-electron chi connectivity index (χ0n) is 14.6. The van der Waals surface area contributed by atoms with Crippen LogP contribution in [0.25, 0.3) is 10.8 Å². The van der Waals surface area contributed by atoms with Gasteiger partial charge in [0.1, 0.15) is 24.3 Å². The number of aryl methyl sites for hydroxylation is 1. The van der Waals surface area contributed by atoms with Gasteiger partial charge in [0.25, 0.3) is 5.91 Å². The number of aromatic nitrogens is 5. The molecule has 0 aliphatic carbocycles. The number of piperazine rings is 1. The molecule has 1 saturated heterocycles. The monoisotopic (exact) mass is 387 g/mol. The van der Waals surface area contributed by atoms with Gasteiger partial charge in [-0.05, 0) is 29.5 Å². The highest BCUT2D eigenvalue weighted by atomic mass is 32.1. The minimum Gasteiger partial charge on any atom is -0.459 e. The Balaban J connectivity index is 1.35. The zero-order chi connectivity index (χ0) is 18.8. The lowest BCUT2D eigenvalue weighted by atomic mass is 10.3. The van der Waals surface area contributed by atoms with Crippen LogP contribution in [0.3, 0.4) is 0 Å². The molecule has 1 fully saturated rings. The summed E-state index contributed by atoms with van der Waals surface area (Å²) in [7, 11) is 0. The summed E-state index contributed by atoms with van der Waals surface area (Å²) in [6.45, 7) is 3.84. The number of rotatable bonds is 4. The molecule has 2 amide bonds. The lowest BCUT2D eigenvalue weighted by Gasteiger charge is -2.34. The van der Waals surface area contributed by atoms with Crippen LogP contribution in [0.15, 0.2) is 28.3 Å². The van der Waals surface area contributed by atoms with E-state index in [0.717, 1.165) is 5.76 Å². The maximum absolute atomic E-state index is 12.7. The number of tetrazole rings is 1. The molecule has 0 bridgehead atoms. The Morgan fingerprint density at radius 3 is 2.63 bits per heavy atom. The fraction of sp³-hybridized carbons (Fsp3) is 0.375. The van der Waals surface area contributed by atoms with Crippen molar-refractivity contribution in [2.24, 2.45) is 0 Å². The molecule has 27 heavy (non-hydrogen) atoms. The van der Waals surface area contributed by atoms with Gasteiger partial charge in [-0.3, -0.25) is 9.59 Å². The lowest BCUT2D eigenvalue weighted by molar-refractivity contribution is -0.133. The average Bonchev–Trinajstić information content (AvgIpc) is 3.42. The molecule has 4 rings (SSSR count). The molecule has 3 aromatic rings. The van der Waals surface area contributed by atoms with Gasteiger partial charge in [0.05, 0.1) is 0 Å². The smallest absolute Gasteiger partial charge is 0.273 e. The maximum atomic E-state index is 12.7. The highest BCUT2D eigenvalue weighted by molar-refractivity contribution is 7.13. The number of thiazole rings is 1. The zero-order valence-corrected chi connectivity index (χ0v) is 15.4. The molecular weight excluding hydrogens is 370 g/mol. The molecule has 0 aromatic carbocycles. The van der Waals surface area contributed by atoms with Gasteiger partial charge in [-0.1, -0.05) is 0 Å². The maximum Gasteiger partial charge on any atom is 0.273 e. The molecule has 0 saturated carbocycles. The minimum absolute atomic E-state index is 0.0708. The van der Waals surface area contributed by atoms with Gasteiger partial charge in [0, 0.05) is 31.6 Å². The van der Waals surface area contributed by atoms with Gasteiger partial charge >= 0.3 is 0 Å². The van der Waals surface area contributed by atoms with Crippen LogP contribution in [-0.2, 0) is 11.3 Å². The van der Waals surface area contributed by atoms with Crippen LogP contribution in [0, 0.1) is 6.92 Å². The first-order chi connectivity index (χ1) is 13.1. The Hall–Kier alpha value is -3.08. The van der Waals surface area contributed by atoms with Crippen molar-refractivity contribution in [1.29, 1.82) is 0 Å². The summed E-state index contributed by atoms with van der Waals surface area (Å²) >= 11 is 1.38. The van der Waals surface area contributed by atoms with Crippen LogP contribution in [-0.4, -0.2) is 73.0 Å². The standard InChI is InChI=1S/C16H17N7O3S/c1-11-2-3-13(26-11)15-18-12(9-27-15)16(25)22-6-4-21(5-7-22)14(24)8-23-10-17-19-20-23/h2-3,9-10H,4-8H2,1H3. The van der Waals surface area contributed by atoms with Gasteiger partial charge in [0.2, 0.25) is 5.91 Å². The van der Waals surface area contributed by atoms with Gasteiger partial charge in [-0.15, -0.1) is 16.4 Å². The third kappa shape index (κ3) is 3.72. The number of amides is 2. The van der Waals surface area contributed by atoms with E-state index in [-0.39, 0.29) is 18.4 Å². The first kappa shape index (κ1) is 17.3. The molecule has 3 aromatic heterocycles. The number of hydrogen-bond acceptors (Lipinski definition) is 8. The molecule has 0 atom stereocenters. The summed E-state index contributed by atoms with van der Waals surface area (Å²) in [4.78, 5) is 32.8. The molecule has 0 radical (unpaired) electrons. The second kappa shape index (κ2) is 7.27. The Kier molecular flexibility index (Phi) is 4.67. The summed E-state index contributed by atoms with van der Waals surface area (Å²) in [6.07, 6.45) is 1.40. The van der Waals surface area contributed by atoms with E-state index in [1.54, 1.807) is 15.2 Å². The summed E-state index contributed by atoms with van der Waals surface area (Å²) in [5.41, 5.74) is 0.400. The number of carbonyl (C=O) groups is 2. The lowest BCUT2D eigenvalue weighted by Crippen LogP contribution is -2.51. The minimum atomic E-state index is -0.131. The van der Waals surface area contributed by atoms with E-state index >= 15 is 0 Å². The highest BCUT2D eigenvalue weighted by Crippen LogP contribution is 2.26. The summed E-state index contributed by atoms with van der Waals surface area (Å²) in [6, 6.07) is 3.71. The van der Waals surface area contributed by atoms with Gasteiger partial charge in [0.15, 0.2) is 10.8 Å². The average molecular weight is 387 g/mol. The predicted molar refractivity (Wildman–Crippen MR) is 94.9 cm³/mol. The number of carbonyl (C=O) groups excluding carboxylic acids is 2. The first-order valence-corrected chi connectivity index (χ1v) is 9.28. The quantitative estimate of drug-likeness (QED) is 0.647. The summed E-state index contributed by atoms with van der Waals surface area (Å²) in [5, 5.41) is 13.1. The number of furan rings is 1. The molecule has 140 valence electrons. The number of hydrogen-bond donors (Lipinski definition) is 0. The van der Waals surface area contributed by atoms with Gasteiger partial charge in [-0.2, -0.15) is 0 Å². The van der Waals surface area contributed by atoms with Gasteiger partial charge in [-0.25, -0.2) is 9.67 Å². The van der Waals surface area contributed by atoms with Crippen molar-refractivity contribution >= 4 is 23.2 Å². The first-order valence-electron chi connectivity index (χ1n) is 8.40. The molecule has 10 nitrogen and oxygen atoms in total. The third-order valence-electron chi connectivity index (χ3n) is 4.28. The van der Waals surface area contributed by atoms with E-state index in [2.05, 4.69) is 20.5 Å². The SMILES string of the molecule is Cc1ccc(-c2nc(C(=O)N3CCN(C(=O)Cn4cnnn4)CC3)cs2)o1. The van der Waals surface area contributed by atoms with E-state index in [1.807, 2.05) is 19.1 Å². The van der Waals surface area contributed by atoms with Crippen molar-refractivity contribution < 1.29 is 14.0 Å². The molecule has 11 heteroatoms. The second-order valence-corrected chi connectivity index (χ2v) is 6.99. The van der Waals surface area contributed by atoms with Crippen LogP contribution in [0.2, 0.25) is 0 Å². The molecule has 4 heterocycles. The Labute approximate surface area is 158 Å². The molecule has 1 aliphatic heterocycles. The van der Waals surface area contributed by atoms with Crippen LogP contribution in [0.5, 0.6) is 0 Å². The number of nitrogens with zero attached hydrogens (tertiary/aromatic N) is 7. The molecular formula is C16H17N7O3S. The molecule has 0 unspecified atom stereocenters. The van der Waals surface area contributed by atoms with E-state index in [0.29, 0.717) is 42.6 Å². The summed E-state index contributed by atoms with van der Waals surface area (Å²) in [5.74, 6) is 1.26. The topological polar surface area (TPSA) is 110 Å². The van der Waals surface area contributed by atoms with E-state index in [1.165, 1.54) is 22.3 Å². The van der Waals surface area contributed by atoms with Crippen molar-refractivity contribution in [2.45, 2.75) is 13.5 Å². The van der Waals surface area contributed by atoms with Crippen LogP contribution < -0.4 is 0 Å². The van der Waals surface area contributed by atoms with E-state index in [4.69, 9.17) is 4.42 Å². The fourth-order valence-corrected chi connectivity index (χ4v) is 3.60. The van der Waals surface area contributed by atoms with E-state index < -0.39 is 0 Å². The van der Waals surface area contributed by atoms with Crippen LogP contribution in [0.1, 0.15) is 16.2 Å². The highest BCUT2D eigenvalue weighted by Gasteiger charge is 2.26. The van der Waals surface area contributed by atoms with Crippen LogP contribution in [0.4, 0.5) is 0 Å². The summed E-state index contributed by atoms with van der Waals surface area (Å²) < 4.78 is 6.94. The van der Waals surface area contributed by atoms with Crippen molar-refractivity contribution in [3.05, 3.63) is 35.3 Å². The van der Waals surface area contributed by atoms with Gasteiger partial charge < -0.3 is 14.2 Å². The molecule has 1 aliphatic rings. The Bertz CT molecular complexity index is 941.